The van der Waals surface area contributed by atoms with Crippen LogP contribution in [-0.2, 0) is 9.53 Å². The van der Waals surface area contributed by atoms with E-state index in [1.807, 2.05) is 0 Å². The summed E-state index contributed by atoms with van der Waals surface area (Å²) in [5.41, 5.74) is 0. The molecule has 0 spiro atoms. The van der Waals surface area contributed by atoms with Crippen LogP contribution in [0, 0.1) is 0 Å². The zero-order valence-electron chi connectivity index (χ0n) is 7.63. The Kier molecular flexibility index (Phi) is 3.54. The molecule has 1 aliphatic rings. The molecule has 0 aromatic carbocycles. The summed E-state index contributed by atoms with van der Waals surface area (Å²) in [6.45, 7) is 2.62. The number of carbonyl (C=O) groups is 2. The molecule has 1 heterocycles. The largest absolute Gasteiger partial charge is 0.450 e. The summed E-state index contributed by atoms with van der Waals surface area (Å²) in [7, 11) is 0. The first-order chi connectivity index (χ1) is 6.22. The molecule has 74 valence electrons. The van der Waals surface area contributed by atoms with E-state index in [0.717, 1.165) is 0 Å². The van der Waals surface area contributed by atoms with Gasteiger partial charge in [0.15, 0.2) is 0 Å². The number of ether oxygens (including phenoxy) is 1. The smallest absolute Gasteiger partial charge is 0.407 e. The molecule has 0 saturated carbocycles. The van der Waals surface area contributed by atoms with Gasteiger partial charge in [-0.1, -0.05) is 0 Å². The molecule has 0 aliphatic carbocycles. The molecular weight excluding hydrogens is 172 g/mol. The number of hydrogen-bond donors (Lipinski definition) is 2. The van der Waals surface area contributed by atoms with Crippen LogP contribution in [0.3, 0.4) is 0 Å². The van der Waals surface area contributed by atoms with Gasteiger partial charge in [-0.15, -0.1) is 0 Å². The predicted octanol–water partition coefficient (Wildman–Crippen LogP) is 0.0111. The monoisotopic (exact) mass is 186 g/mol. The van der Waals surface area contributed by atoms with Gasteiger partial charge < -0.3 is 15.4 Å². The van der Waals surface area contributed by atoms with Gasteiger partial charge in [0.1, 0.15) is 0 Å². The number of piperidine rings is 1. The minimum Gasteiger partial charge on any atom is -0.450 e. The van der Waals surface area contributed by atoms with Crippen LogP contribution in [0.1, 0.15) is 19.8 Å². The molecule has 1 fully saturated rings. The summed E-state index contributed by atoms with van der Waals surface area (Å²) in [5, 5.41) is 5.33. The van der Waals surface area contributed by atoms with Crippen LogP contribution in [0.2, 0.25) is 0 Å². The Balaban J connectivity index is 2.22. The summed E-state index contributed by atoms with van der Waals surface area (Å²) in [4.78, 5) is 21.7. The fourth-order valence-electron chi connectivity index (χ4n) is 1.20. The van der Waals surface area contributed by atoms with Crippen molar-refractivity contribution in [1.29, 1.82) is 0 Å². The van der Waals surface area contributed by atoms with E-state index in [4.69, 9.17) is 4.74 Å². The van der Waals surface area contributed by atoms with E-state index < -0.39 is 6.09 Å². The van der Waals surface area contributed by atoms with Crippen LogP contribution in [0.4, 0.5) is 4.79 Å². The van der Waals surface area contributed by atoms with Crippen molar-refractivity contribution in [3.05, 3.63) is 0 Å². The molecule has 1 aliphatic heterocycles. The van der Waals surface area contributed by atoms with Gasteiger partial charge in [-0.2, -0.15) is 0 Å². The van der Waals surface area contributed by atoms with E-state index in [2.05, 4.69) is 10.6 Å². The van der Waals surface area contributed by atoms with E-state index >= 15 is 0 Å². The topological polar surface area (TPSA) is 67.4 Å². The Hall–Kier alpha value is -1.26. The van der Waals surface area contributed by atoms with Crippen molar-refractivity contribution in [2.24, 2.45) is 0 Å². The third-order valence-electron chi connectivity index (χ3n) is 1.86. The highest BCUT2D eigenvalue weighted by Gasteiger charge is 2.19. The van der Waals surface area contributed by atoms with Crippen molar-refractivity contribution in [2.75, 3.05) is 13.2 Å². The summed E-state index contributed by atoms with van der Waals surface area (Å²) >= 11 is 0. The van der Waals surface area contributed by atoms with Crippen LogP contribution in [0.25, 0.3) is 0 Å². The van der Waals surface area contributed by atoms with Crippen LogP contribution in [0.15, 0.2) is 0 Å². The van der Waals surface area contributed by atoms with Gasteiger partial charge >= 0.3 is 6.09 Å². The standard InChI is InChI=1S/C8H14N2O3/c1-2-13-8(12)10-6-3-4-7(11)9-5-6/h6H,2-5H2,1H3,(H,9,11)(H,10,12). The Morgan fingerprint density at radius 3 is 3.08 bits per heavy atom. The lowest BCUT2D eigenvalue weighted by atomic mass is 10.1. The third kappa shape index (κ3) is 3.31. The lowest BCUT2D eigenvalue weighted by molar-refractivity contribution is -0.122. The molecule has 13 heavy (non-hydrogen) atoms. The van der Waals surface area contributed by atoms with E-state index in [1.54, 1.807) is 6.92 Å². The van der Waals surface area contributed by atoms with Crippen molar-refractivity contribution in [1.82, 2.24) is 10.6 Å². The average molecular weight is 186 g/mol. The quantitative estimate of drug-likeness (QED) is 0.638. The van der Waals surface area contributed by atoms with Gasteiger partial charge in [-0.05, 0) is 13.3 Å². The second-order valence-electron chi connectivity index (χ2n) is 2.90. The minimum atomic E-state index is -0.413. The normalized spacial score (nSPS) is 21.9. The molecule has 2 amide bonds. The first kappa shape index (κ1) is 9.83. The summed E-state index contributed by atoms with van der Waals surface area (Å²) in [6, 6.07) is 0.0109. The van der Waals surface area contributed by atoms with E-state index in [9.17, 15) is 9.59 Å². The van der Waals surface area contributed by atoms with Crippen LogP contribution >= 0.6 is 0 Å². The van der Waals surface area contributed by atoms with Crippen LogP contribution < -0.4 is 10.6 Å². The number of alkyl carbamates (subject to hydrolysis) is 1. The maximum Gasteiger partial charge on any atom is 0.407 e. The number of amides is 2. The van der Waals surface area contributed by atoms with Gasteiger partial charge in [-0.25, -0.2) is 4.79 Å². The number of hydrogen-bond acceptors (Lipinski definition) is 3. The number of carbonyl (C=O) groups excluding carboxylic acids is 2. The van der Waals surface area contributed by atoms with Gasteiger partial charge in [0.25, 0.3) is 0 Å². The zero-order valence-corrected chi connectivity index (χ0v) is 7.63. The molecule has 5 heteroatoms. The van der Waals surface area contributed by atoms with Gasteiger partial charge in [0, 0.05) is 13.0 Å². The highest BCUT2D eigenvalue weighted by Crippen LogP contribution is 2.02. The molecule has 0 bridgehead atoms. The molecule has 1 saturated heterocycles. The molecule has 5 nitrogen and oxygen atoms in total. The summed E-state index contributed by atoms with van der Waals surface area (Å²) in [5.74, 6) is 0.0434. The molecule has 1 rings (SSSR count). The summed E-state index contributed by atoms with van der Waals surface area (Å²) in [6.07, 6.45) is 0.741. The van der Waals surface area contributed by atoms with E-state index in [1.165, 1.54) is 0 Å². The lowest BCUT2D eigenvalue weighted by Crippen LogP contribution is -2.47. The van der Waals surface area contributed by atoms with Crippen molar-refractivity contribution < 1.29 is 14.3 Å². The Morgan fingerprint density at radius 1 is 1.77 bits per heavy atom. The van der Waals surface area contributed by atoms with Gasteiger partial charge in [-0.3, -0.25) is 4.79 Å². The molecular formula is C8H14N2O3. The highest BCUT2D eigenvalue weighted by molar-refractivity contribution is 5.77. The second kappa shape index (κ2) is 4.69. The van der Waals surface area contributed by atoms with Crippen molar-refractivity contribution >= 4 is 12.0 Å². The maximum atomic E-state index is 10.9. The second-order valence-corrected chi connectivity index (χ2v) is 2.90. The first-order valence-electron chi connectivity index (χ1n) is 4.42. The van der Waals surface area contributed by atoms with E-state index in [0.29, 0.717) is 26.0 Å². The first-order valence-corrected chi connectivity index (χ1v) is 4.42. The Bertz CT molecular complexity index is 196. The van der Waals surface area contributed by atoms with Crippen LogP contribution in [-0.4, -0.2) is 31.2 Å². The predicted molar refractivity (Wildman–Crippen MR) is 46.2 cm³/mol. The number of nitrogens with one attached hydrogen (secondary N) is 2. The molecule has 2 N–H and O–H groups in total. The van der Waals surface area contributed by atoms with Crippen molar-refractivity contribution in [3.63, 3.8) is 0 Å². The van der Waals surface area contributed by atoms with E-state index in [-0.39, 0.29) is 11.9 Å². The molecule has 1 atom stereocenters. The number of rotatable bonds is 2. The molecule has 0 radical (unpaired) electrons. The third-order valence-corrected chi connectivity index (χ3v) is 1.86. The Labute approximate surface area is 76.8 Å². The van der Waals surface area contributed by atoms with Crippen molar-refractivity contribution in [3.8, 4) is 0 Å². The zero-order chi connectivity index (χ0) is 9.68. The SMILES string of the molecule is CCOC(=O)NC1CCC(=O)NC1. The maximum absolute atomic E-state index is 10.9. The van der Waals surface area contributed by atoms with Gasteiger partial charge in [0.2, 0.25) is 5.91 Å². The lowest BCUT2D eigenvalue weighted by Gasteiger charge is -2.22. The fourth-order valence-corrected chi connectivity index (χ4v) is 1.20. The molecule has 1 unspecified atom stereocenters. The average Bonchev–Trinajstić information content (AvgIpc) is 2.09. The Morgan fingerprint density at radius 2 is 2.54 bits per heavy atom. The molecule has 0 aromatic heterocycles. The summed E-state index contributed by atoms with van der Waals surface area (Å²) < 4.78 is 4.71. The van der Waals surface area contributed by atoms with Crippen molar-refractivity contribution in [2.45, 2.75) is 25.8 Å². The van der Waals surface area contributed by atoms with Crippen LogP contribution in [0.5, 0.6) is 0 Å². The minimum absolute atomic E-state index is 0.0109. The van der Waals surface area contributed by atoms with Gasteiger partial charge in [0.05, 0.1) is 12.6 Å². The highest BCUT2D eigenvalue weighted by atomic mass is 16.5. The molecule has 0 aromatic rings. The fraction of sp³-hybridized carbons (Fsp3) is 0.750.